The maximum atomic E-state index is 13.1. The molecule has 0 atom stereocenters. The third-order valence-electron chi connectivity index (χ3n) is 2.92. The van der Waals surface area contributed by atoms with Gasteiger partial charge < -0.3 is 0 Å². The average molecular weight is 325 g/mol. The third-order valence-corrected chi connectivity index (χ3v) is 3.78. The highest BCUT2D eigenvalue weighted by molar-refractivity contribution is 9.10. The lowest BCUT2D eigenvalue weighted by Gasteiger charge is -2.07. The number of rotatable bonds is 3. The first kappa shape index (κ1) is 13.9. The van der Waals surface area contributed by atoms with Gasteiger partial charge in [-0.25, -0.2) is 8.78 Å². The summed E-state index contributed by atoms with van der Waals surface area (Å²) in [5.74, 6) is -1.96. The van der Waals surface area contributed by atoms with Crippen molar-refractivity contribution in [3.63, 3.8) is 0 Å². The number of ketones is 1. The zero-order chi connectivity index (χ0) is 14.0. The van der Waals surface area contributed by atoms with Crippen molar-refractivity contribution < 1.29 is 13.6 Å². The zero-order valence-corrected chi connectivity index (χ0v) is 11.8. The Bertz CT molecular complexity index is 638. The number of hydrogen-bond acceptors (Lipinski definition) is 1. The van der Waals surface area contributed by atoms with Gasteiger partial charge in [-0.2, -0.15) is 0 Å². The minimum Gasteiger partial charge on any atom is -0.294 e. The number of halogens is 3. The highest BCUT2D eigenvalue weighted by Gasteiger charge is 2.12. The topological polar surface area (TPSA) is 17.1 Å². The SMILES string of the molecule is Cc1c(Br)cccc1C(=O)Cc1ccc(F)c(F)c1. The summed E-state index contributed by atoms with van der Waals surface area (Å²) < 4.78 is 26.7. The molecule has 0 spiro atoms. The molecule has 0 heterocycles. The summed E-state index contributed by atoms with van der Waals surface area (Å²) in [6, 6.07) is 8.86. The van der Waals surface area contributed by atoms with E-state index in [1.54, 1.807) is 12.1 Å². The fourth-order valence-corrected chi connectivity index (χ4v) is 2.21. The van der Waals surface area contributed by atoms with Crippen molar-refractivity contribution in [2.75, 3.05) is 0 Å². The second kappa shape index (κ2) is 5.61. The quantitative estimate of drug-likeness (QED) is 0.762. The molecule has 0 aliphatic heterocycles. The van der Waals surface area contributed by atoms with Gasteiger partial charge in [0.15, 0.2) is 17.4 Å². The van der Waals surface area contributed by atoms with Crippen molar-refractivity contribution in [1.82, 2.24) is 0 Å². The molecule has 0 unspecified atom stereocenters. The molecule has 0 saturated carbocycles. The Kier molecular flexibility index (Phi) is 4.10. The van der Waals surface area contributed by atoms with E-state index in [4.69, 9.17) is 0 Å². The lowest BCUT2D eigenvalue weighted by atomic mass is 9.99. The minimum atomic E-state index is -0.934. The molecular formula is C15H11BrF2O. The summed E-state index contributed by atoms with van der Waals surface area (Å²) in [5.41, 5.74) is 1.89. The van der Waals surface area contributed by atoms with Gasteiger partial charge in [0.2, 0.25) is 0 Å². The van der Waals surface area contributed by atoms with Crippen LogP contribution in [0.4, 0.5) is 8.78 Å². The summed E-state index contributed by atoms with van der Waals surface area (Å²) in [7, 11) is 0. The van der Waals surface area contributed by atoms with E-state index in [9.17, 15) is 13.6 Å². The van der Waals surface area contributed by atoms with Crippen molar-refractivity contribution in [1.29, 1.82) is 0 Å². The van der Waals surface area contributed by atoms with Crippen LogP contribution in [0.3, 0.4) is 0 Å². The molecule has 4 heteroatoms. The first-order valence-electron chi connectivity index (χ1n) is 5.71. The van der Waals surface area contributed by atoms with Crippen LogP contribution in [0.2, 0.25) is 0 Å². The molecule has 0 fully saturated rings. The van der Waals surface area contributed by atoms with Crippen LogP contribution in [-0.2, 0) is 6.42 Å². The highest BCUT2D eigenvalue weighted by Crippen LogP contribution is 2.21. The van der Waals surface area contributed by atoms with Crippen LogP contribution in [0.1, 0.15) is 21.5 Å². The zero-order valence-electron chi connectivity index (χ0n) is 10.2. The molecule has 0 aromatic heterocycles. The summed E-state index contributed by atoms with van der Waals surface area (Å²) >= 11 is 3.36. The third kappa shape index (κ3) is 3.07. The molecule has 19 heavy (non-hydrogen) atoms. The predicted molar refractivity (Wildman–Crippen MR) is 73.3 cm³/mol. The van der Waals surface area contributed by atoms with Gasteiger partial charge in [0, 0.05) is 16.5 Å². The van der Waals surface area contributed by atoms with Gasteiger partial charge in [0.05, 0.1) is 0 Å². The molecule has 98 valence electrons. The van der Waals surface area contributed by atoms with Gasteiger partial charge in [-0.1, -0.05) is 34.1 Å². The van der Waals surface area contributed by atoms with E-state index in [0.29, 0.717) is 11.1 Å². The number of hydrogen-bond donors (Lipinski definition) is 0. The van der Waals surface area contributed by atoms with Crippen LogP contribution in [0.5, 0.6) is 0 Å². The Labute approximate surface area is 118 Å². The Morgan fingerprint density at radius 1 is 1.16 bits per heavy atom. The molecule has 0 radical (unpaired) electrons. The maximum absolute atomic E-state index is 13.1. The van der Waals surface area contributed by atoms with Crippen LogP contribution < -0.4 is 0 Å². The Hall–Kier alpha value is -1.55. The van der Waals surface area contributed by atoms with Gasteiger partial charge in [-0.3, -0.25) is 4.79 Å². The largest absolute Gasteiger partial charge is 0.294 e. The first-order valence-corrected chi connectivity index (χ1v) is 6.50. The molecular weight excluding hydrogens is 314 g/mol. The van der Waals surface area contributed by atoms with Crippen LogP contribution in [0.25, 0.3) is 0 Å². The first-order chi connectivity index (χ1) is 8.99. The number of carbonyl (C=O) groups is 1. The van der Waals surface area contributed by atoms with E-state index in [1.165, 1.54) is 6.07 Å². The Morgan fingerprint density at radius 2 is 1.89 bits per heavy atom. The lowest BCUT2D eigenvalue weighted by Crippen LogP contribution is -2.06. The monoisotopic (exact) mass is 324 g/mol. The molecule has 2 rings (SSSR count). The van der Waals surface area contributed by atoms with Crippen molar-refractivity contribution in [3.8, 4) is 0 Å². The fourth-order valence-electron chi connectivity index (χ4n) is 1.84. The van der Waals surface area contributed by atoms with Gasteiger partial charge in [-0.05, 0) is 36.2 Å². The van der Waals surface area contributed by atoms with Crippen LogP contribution in [-0.4, -0.2) is 5.78 Å². The number of carbonyl (C=O) groups excluding carboxylic acids is 1. The van der Waals surface area contributed by atoms with E-state index in [1.807, 2.05) is 13.0 Å². The van der Waals surface area contributed by atoms with Crippen LogP contribution >= 0.6 is 15.9 Å². The summed E-state index contributed by atoms with van der Waals surface area (Å²) in [6.45, 7) is 1.84. The molecule has 2 aromatic rings. The number of Topliss-reactive ketones (excluding diaryl/α,β-unsaturated/α-hetero) is 1. The van der Waals surface area contributed by atoms with Crippen LogP contribution in [0, 0.1) is 18.6 Å². The lowest BCUT2D eigenvalue weighted by molar-refractivity contribution is 0.0992. The Morgan fingerprint density at radius 3 is 2.58 bits per heavy atom. The molecule has 0 bridgehead atoms. The Balaban J connectivity index is 2.26. The molecule has 2 aromatic carbocycles. The minimum absolute atomic E-state index is 0.0501. The predicted octanol–water partition coefficient (Wildman–Crippen LogP) is 4.46. The average Bonchev–Trinajstić information content (AvgIpc) is 2.37. The molecule has 0 aliphatic rings. The van der Waals surface area contributed by atoms with E-state index >= 15 is 0 Å². The summed E-state index contributed by atoms with van der Waals surface area (Å²) in [4.78, 5) is 12.1. The van der Waals surface area contributed by atoms with Gasteiger partial charge >= 0.3 is 0 Å². The standard InChI is InChI=1S/C15H11BrF2O/c1-9-11(3-2-4-12(9)16)15(19)8-10-5-6-13(17)14(18)7-10/h2-7H,8H2,1H3. The molecule has 0 amide bonds. The highest BCUT2D eigenvalue weighted by atomic mass is 79.9. The summed E-state index contributed by atoms with van der Waals surface area (Å²) in [5, 5.41) is 0. The van der Waals surface area contributed by atoms with Crippen molar-refractivity contribution in [2.24, 2.45) is 0 Å². The fraction of sp³-hybridized carbons (Fsp3) is 0.133. The molecule has 0 aliphatic carbocycles. The van der Waals surface area contributed by atoms with Gasteiger partial charge in [0.25, 0.3) is 0 Å². The van der Waals surface area contributed by atoms with Crippen molar-refractivity contribution in [2.45, 2.75) is 13.3 Å². The summed E-state index contributed by atoms with van der Waals surface area (Å²) in [6.07, 6.45) is 0.0501. The van der Waals surface area contributed by atoms with Crippen LogP contribution in [0.15, 0.2) is 40.9 Å². The number of benzene rings is 2. The molecule has 0 saturated heterocycles. The van der Waals surface area contributed by atoms with Gasteiger partial charge in [0.1, 0.15) is 0 Å². The van der Waals surface area contributed by atoms with E-state index in [-0.39, 0.29) is 12.2 Å². The van der Waals surface area contributed by atoms with E-state index in [2.05, 4.69) is 15.9 Å². The maximum Gasteiger partial charge on any atom is 0.167 e. The normalized spacial score (nSPS) is 10.5. The second-order valence-electron chi connectivity index (χ2n) is 4.26. The van der Waals surface area contributed by atoms with Crippen molar-refractivity contribution in [3.05, 3.63) is 69.2 Å². The molecule has 1 nitrogen and oxygen atoms in total. The van der Waals surface area contributed by atoms with E-state index in [0.717, 1.165) is 22.2 Å². The molecule has 0 N–H and O–H groups in total. The van der Waals surface area contributed by atoms with E-state index < -0.39 is 11.6 Å². The second-order valence-corrected chi connectivity index (χ2v) is 5.12. The van der Waals surface area contributed by atoms with Crippen molar-refractivity contribution >= 4 is 21.7 Å². The van der Waals surface area contributed by atoms with Gasteiger partial charge in [-0.15, -0.1) is 0 Å². The smallest absolute Gasteiger partial charge is 0.167 e.